The van der Waals surface area contributed by atoms with Crippen LogP contribution in [0.3, 0.4) is 0 Å². The smallest absolute Gasteiger partial charge is 0.326 e. The van der Waals surface area contributed by atoms with E-state index in [1.807, 2.05) is 18.2 Å². The summed E-state index contributed by atoms with van der Waals surface area (Å²) in [5, 5.41) is 9.29. The first-order valence-corrected chi connectivity index (χ1v) is 9.33. The van der Waals surface area contributed by atoms with Crippen LogP contribution < -0.4 is 9.47 Å². The van der Waals surface area contributed by atoms with Gasteiger partial charge in [0.25, 0.3) is 0 Å². The third-order valence-corrected chi connectivity index (χ3v) is 4.77. The lowest BCUT2D eigenvalue weighted by Gasteiger charge is -2.27. The van der Waals surface area contributed by atoms with Gasteiger partial charge in [0, 0.05) is 26.0 Å². The molecule has 0 fully saturated rings. The van der Waals surface area contributed by atoms with Crippen molar-refractivity contribution in [2.45, 2.75) is 45.6 Å². The Balaban J connectivity index is 2.56. The Labute approximate surface area is 166 Å². The topological polar surface area (TPSA) is 76.1 Å². The van der Waals surface area contributed by atoms with Crippen molar-refractivity contribution in [1.29, 1.82) is 0 Å². The molecule has 0 saturated heterocycles. The number of thiocarbonyl (C=S) groups is 1. The number of carbonyl (C=O) groups is 2. The highest BCUT2D eigenvalue weighted by molar-refractivity contribution is 7.80. The highest BCUT2D eigenvalue weighted by Gasteiger charge is 2.29. The van der Waals surface area contributed by atoms with Crippen molar-refractivity contribution in [1.82, 2.24) is 4.90 Å². The number of carbonyl (C=O) groups excluding carboxylic acids is 1. The number of rotatable bonds is 11. The lowest BCUT2D eigenvalue weighted by molar-refractivity contribution is -0.151. The van der Waals surface area contributed by atoms with Crippen LogP contribution in [0.4, 0.5) is 0 Å². The minimum absolute atomic E-state index is 0.153. The van der Waals surface area contributed by atoms with Crippen LogP contribution in [0.15, 0.2) is 18.2 Å². The van der Waals surface area contributed by atoms with Crippen molar-refractivity contribution in [3.63, 3.8) is 0 Å². The minimum Gasteiger partial charge on any atom is -0.497 e. The van der Waals surface area contributed by atoms with Gasteiger partial charge in [-0.1, -0.05) is 32.1 Å². The highest BCUT2D eigenvalue weighted by Crippen LogP contribution is 2.25. The fraction of sp³-hybridized carbons (Fsp3) is 0.550. The summed E-state index contributed by atoms with van der Waals surface area (Å²) in [6.07, 6.45) is 2.05. The van der Waals surface area contributed by atoms with Crippen LogP contribution in [-0.2, 0) is 16.0 Å². The second-order valence-corrected chi connectivity index (χ2v) is 7.36. The molecule has 1 aromatic rings. The van der Waals surface area contributed by atoms with Crippen LogP contribution >= 0.6 is 12.2 Å². The lowest BCUT2D eigenvalue weighted by Crippen LogP contribution is -2.45. The molecule has 0 aliphatic heterocycles. The van der Waals surface area contributed by atoms with Gasteiger partial charge in [-0.25, -0.2) is 4.79 Å². The second-order valence-electron chi connectivity index (χ2n) is 6.78. The molecule has 0 saturated carbocycles. The van der Waals surface area contributed by atoms with Gasteiger partial charge in [0.05, 0.1) is 14.2 Å². The molecule has 0 aliphatic carbocycles. The number of likely N-dealkylation sites (N-methyl/N-ethyl adjacent to an activating group) is 1. The summed E-state index contributed by atoms with van der Waals surface area (Å²) in [6, 6.07) is 4.78. The zero-order valence-electron chi connectivity index (χ0n) is 16.7. The van der Waals surface area contributed by atoms with Crippen LogP contribution in [0.5, 0.6) is 11.5 Å². The molecule has 0 aromatic heterocycles. The first-order chi connectivity index (χ1) is 12.7. The highest BCUT2D eigenvalue weighted by atomic mass is 32.1. The summed E-state index contributed by atoms with van der Waals surface area (Å²) >= 11 is 5.45. The monoisotopic (exact) mass is 395 g/mol. The molecule has 1 atom stereocenters. The molecular weight excluding hydrogens is 366 g/mol. The van der Waals surface area contributed by atoms with Crippen molar-refractivity contribution in [3.05, 3.63) is 23.8 Å². The Morgan fingerprint density at radius 1 is 1.19 bits per heavy atom. The zero-order chi connectivity index (χ0) is 20.6. The van der Waals surface area contributed by atoms with Gasteiger partial charge in [-0.15, -0.1) is 0 Å². The SMILES string of the molecule is COc1ccc(CC(=S)CCCC(=O)N(C)[C@H](C(=O)O)C(C)C)c(OC)c1. The van der Waals surface area contributed by atoms with Crippen molar-refractivity contribution < 1.29 is 24.2 Å². The van der Waals surface area contributed by atoms with Crippen LogP contribution in [0.1, 0.15) is 38.7 Å². The number of amides is 1. The number of aliphatic carboxylic acids is 1. The zero-order valence-corrected chi connectivity index (χ0v) is 17.5. The van der Waals surface area contributed by atoms with Gasteiger partial charge in [0.1, 0.15) is 17.5 Å². The van der Waals surface area contributed by atoms with Gasteiger partial charge in [-0.2, -0.15) is 0 Å². The maximum absolute atomic E-state index is 12.3. The van der Waals surface area contributed by atoms with Gasteiger partial charge >= 0.3 is 5.97 Å². The van der Waals surface area contributed by atoms with Crippen LogP contribution in [0.2, 0.25) is 0 Å². The Bertz CT molecular complexity index is 674. The number of ether oxygens (including phenoxy) is 2. The molecule has 0 spiro atoms. The van der Waals surface area contributed by atoms with E-state index in [1.54, 1.807) is 35.1 Å². The maximum Gasteiger partial charge on any atom is 0.326 e. The third kappa shape index (κ3) is 6.82. The number of carboxylic acids is 1. The summed E-state index contributed by atoms with van der Waals surface area (Å²) in [5.41, 5.74) is 0.970. The Kier molecular flexibility index (Phi) is 9.21. The molecule has 150 valence electrons. The van der Waals surface area contributed by atoms with E-state index in [9.17, 15) is 14.7 Å². The molecule has 27 heavy (non-hydrogen) atoms. The van der Waals surface area contributed by atoms with Gasteiger partial charge in [-0.3, -0.25) is 4.79 Å². The summed E-state index contributed by atoms with van der Waals surface area (Å²) in [4.78, 5) is 25.8. The molecule has 0 bridgehead atoms. The largest absolute Gasteiger partial charge is 0.497 e. The molecule has 0 unspecified atom stereocenters. The number of hydrogen-bond acceptors (Lipinski definition) is 5. The molecule has 1 rings (SSSR count). The normalized spacial score (nSPS) is 11.8. The fourth-order valence-corrected chi connectivity index (χ4v) is 3.26. The number of benzene rings is 1. The maximum atomic E-state index is 12.3. The quantitative estimate of drug-likeness (QED) is 0.579. The van der Waals surface area contributed by atoms with Gasteiger partial charge in [0.2, 0.25) is 5.91 Å². The minimum atomic E-state index is -0.983. The number of nitrogens with zero attached hydrogens (tertiary/aromatic N) is 1. The first-order valence-electron chi connectivity index (χ1n) is 8.92. The number of hydrogen-bond donors (Lipinski definition) is 1. The third-order valence-electron chi connectivity index (χ3n) is 4.42. The summed E-state index contributed by atoms with van der Waals surface area (Å²) in [7, 11) is 4.74. The molecule has 1 aromatic carbocycles. The molecular formula is C20H29NO5S. The number of methoxy groups -OCH3 is 2. The van der Waals surface area contributed by atoms with E-state index in [2.05, 4.69) is 0 Å². The lowest BCUT2D eigenvalue weighted by atomic mass is 10.0. The predicted octanol–water partition coefficient (Wildman–Crippen LogP) is 3.35. The summed E-state index contributed by atoms with van der Waals surface area (Å²) < 4.78 is 10.6. The average molecular weight is 396 g/mol. The predicted molar refractivity (Wildman–Crippen MR) is 109 cm³/mol. The molecule has 7 heteroatoms. The molecule has 1 N–H and O–H groups in total. The van der Waals surface area contributed by atoms with Crippen LogP contribution in [-0.4, -0.2) is 54.1 Å². The van der Waals surface area contributed by atoms with E-state index in [0.717, 1.165) is 10.4 Å². The van der Waals surface area contributed by atoms with E-state index in [1.165, 1.54) is 4.90 Å². The summed E-state index contributed by atoms with van der Waals surface area (Å²) in [6.45, 7) is 3.58. The van der Waals surface area contributed by atoms with Crippen LogP contribution in [0.25, 0.3) is 0 Å². The van der Waals surface area contributed by atoms with Crippen LogP contribution in [0, 0.1) is 5.92 Å². The summed E-state index contributed by atoms with van der Waals surface area (Å²) in [5.74, 6) is 0.117. The molecule has 6 nitrogen and oxygen atoms in total. The first kappa shape index (κ1) is 22.9. The molecule has 0 radical (unpaired) electrons. The Morgan fingerprint density at radius 2 is 1.85 bits per heavy atom. The molecule has 0 aliphatic rings. The van der Waals surface area contributed by atoms with E-state index in [0.29, 0.717) is 30.8 Å². The second kappa shape index (κ2) is 10.9. The van der Waals surface area contributed by atoms with Crippen molar-refractivity contribution in [2.24, 2.45) is 5.92 Å². The fourth-order valence-electron chi connectivity index (χ4n) is 2.97. The Hall–Kier alpha value is -2.15. The van der Waals surface area contributed by atoms with Crippen molar-refractivity contribution in [2.75, 3.05) is 21.3 Å². The Morgan fingerprint density at radius 3 is 2.37 bits per heavy atom. The van der Waals surface area contributed by atoms with E-state index in [-0.39, 0.29) is 18.2 Å². The molecule has 1 amide bonds. The molecule has 0 heterocycles. The van der Waals surface area contributed by atoms with Gasteiger partial charge in [-0.05, 0) is 35.3 Å². The van der Waals surface area contributed by atoms with E-state index >= 15 is 0 Å². The van der Waals surface area contributed by atoms with Gasteiger partial charge < -0.3 is 19.5 Å². The number of carboxylic acid groups (broad SMARTS) is 1. The average Bonchev–Trinajstić information content (AvgIpc) is 2.61. The van der Waals surface area contributed by atoms with E-state index in [4.69, 9.17) is 21.7 Å². The standard InChI is InChI=1S/C20H29NO5S/c1-13(2)19(20(23)24)21(3)18(22)8-6-7-16(27)11-14-9-10-15(25-4)12-17(14)26-5/h9-10,12-13,19H,6-8,11H2,1-5H3,(H,23,24)/t19-/m0/s1. The van der Waals surface area contributed by atoms with Crippen molar-refractivity contribution >= 4 is 29.0 Å². The van der Waals surface area contributed by atoms with Gasteiger partial charge in [0.15, 0.2) is 0 Å². The van der Waals surface area contributed by atoms with E-state index < -0.39 is 12.0 Å². The van der Waals surface area contributed by atoms with Crippen molar-refractivity contribution in [3.8, 4) is 11.5 Å².